The van der Waals surface area contributed by atoms with E-state index < -0.39 is 0 Å². The van der Waals surface area contributed by atoms with Crippen LogP contribution in [-0.4, -0.2) is 17.4 Å². The van der Waals surface area contributed by atoms with Gasteiger partial charge in [0.05, 0.1) is 5.69 Å². The van der Waals surface area contributed by atoms with Gasteiger partial charge in [-0.15, -0.1) is 0 Å². The normalized spacial score (nSPS) is 10.2. The second kappa shape index (κ2) is 7.04. The minimum atomic E-state index is 0.0918. The Morgan fingerprint density at radius 1 is 1.53 bits per heavy atom. The fourth-order valence-corrected chi connectivity index (χ4v) is 1.29. The van der Waals surface area contributed by atoms with Crippen molar-refractivity contribution < 1.29 is 9.21 Å². The van der Waals surface area contributed by atoms with E-state index in [9.17, 15) is 4.79 Å². The predicted octanol–water partition coefficient (Wildman–Crippen LogP) is 1.91. The van der Waals surface area contributed by atoms with Gasteiger partial charge in [-0.1, -0.05) is 19.8 Å². The van der Waals surface area contributed by atoms with Crippen LogP contribution >= 0.6 is 0 Å². The van der Waals surface area contributed by atoms with Crippen molar-refractivity contribution in [3.63, 3.8) is 0 Å². The Labute approximate surface area is 90.1 Å². The van der Waals surface area contributed by atoms with Gasteiger partial charge in [0.2, 0.25) is 5.91 Å². The minimum absolute atomic E-state index is 0.0918. The third-order valence-corrected chi connectivity index (χ3v) is 2.19. The Kier molecular flexibility index (Phi) is 5.51. The topological polar surface area (TPSA) is 55.1 Å². The smallest absolute Gasteiger partial charge is 0.220 e. The molecule has 4 nitrogen and oxygen atoms in total. The molecule has 0 saturated heterocycles. The van der Waals surface area contributed by atoms with Gasteiger partial charge in [0.15, 0.2) is 6.39 Å². The van der Waals surface area contributed by atoms with E-state index in [0.717, 1.165) is 18.7 Å². The molecule has 84 valence electrons. The van der Waals surface area contributed by atoms with Crippen LogP contribution in [0, 0.1) is 0 Å². The molecular weight excluding hydrogens is 192 g/mol. The lowest BCUT2D eigenvalue weighted by molar-refractivity contribution is -0.121. The third kappa shape index (κ3) is 5.20. The molecule has 4 heteroatoms. The van der Waals surface area contributed by atoms with E-state index in [2.05, 4.69) is 17.2 Å². The number of aromatic nitrogens is 1. The Morgan fingerprint density at radius 2 is 2.40 bits per heavy atom. The van der Waals surface area contributed by atoms with Crippen molar-refractivity contribution in [2.24, 2.45) is 0 Å². The molecule has 1 aromatic rings. The van der Waals surface area contributed by atoms with Crippen molar-refractivity contribution in [1.82, 2.24) is 10.3 Å². The highest BCUT2D eigenvalue weighted by atomic mass is 16.3. The number of aryl methyl sites for hydroxylation is 1. The lowest BCUT2D eigenvalue weighted by Gasteiger charge is -2.03. The van der Waals surface area contributed by atoms with Crippen molar-refractivity contribution in [2.45, 2.75) is 39.0 Å². The first kappa shape index (κ1) is 11.8. The summed E-state index contributed by atoms with van der Waals surface area (Å²) in [6, 6.07) is 0. The van der Waals surface area contributed by atoms with Crippen LogP contribution in [0.25, 0.3) is 0 Å². The Hall–Kier alpha value is -1.32. The van der Waals surface area contributed by atoms with Gasteiger partial charge < -0.3 is 9.73 Å². The van der Waals surface area contributed by atoms with Gasteiger partial charge in [0.1, 0.15) is 6.26 Å². The van der Waals surface area contributed by atoms with Gasteiger partial charge in [-0.3, -0.25) is 4.79 Å². The lowest BCUT2D eigenvalue weighted by atomic mass is 10.2. The summed E-state index contributed by atoms with van der Waals surface area (Å²) >= 11 is 0. The summed E-state index contributed by atoms with van der Waals surface area (Å²) in [6.07, 6.45) is 7.50. The van der Waals surface area contributed by atoms with Gasteiger partial charge in [-0.2, -0.15) is 0 Å². The van der Waals surface area contributed by atoms with Crippen molar-refractivity contribution in [3.05, 3.63) is 18.4 Å². The van der Waals surface area contributed by atoms with Crippen LogP contribution in [0.3, 0.4) is 0 Å². The lowest BCUT2D eigenvalue weighted by Crippen LogP contribution is -2.24. The standard InChI is InChI=1S/C11H18N2O2/c1-2-3-4-7-12-11(14)6-5-10-8-15-9-13-10/h8-9H,2-7H2,1H3,(H,12,14). The zero-order chi connectivity index (χ0) is 10.9. The number of carbonyl (C=O) groups excluding carboxylic acids is 1. The number of oxazole rings is 1. The van der Waals surface area contributed by atoms with E-state index >= 15 is 0 Å². The molecule has 0 bridgehead atoms. The fourth-order valence-electron chi connectivity index (χ4n) is 1.29. The summed E-state index contributed by atoms with van der Waals surface area (Å²) in [6.45, 7) is 2.93. The van der Waals surface area contributed by atoms with E-state index in [1.807, 2.05) is 0 Å². The molecule has 1 aromatic heterocycles. The van der Waals surface area contributed by atoms with Gasteiger partial charge in [0.25, 0.3) is 0 Å². The van der Waals surface area contributed by atoms with Crippen LogP contribution in [0.2, 0.25) is 0 Å². The maximum Gasteiger partial charge on any atom is 0.220 e. The summed E-state index contributed by atoms with van der Waals surface area (Å²) in [5, 5.41) is 2.88. The number of nitrogens with one attached hydrogen (secondary N) is 1. The summed E-state index contributed by atoms with van der Waals surface area (Å²) in [5.41, 5.74) is 0.832. The van der Waals surface area contributed by atoms with Crippen LogP contribution in [0.5, 0.6) is 0 Å². The van der Waals surface area contributed by atoms with E-state index in [-0.39, 0.29) is 5.91 Å². The number of hydrogen-bond donors (Lipinski definition) is 1. The molecule has 0 aliphatic heterocycles. The zero-order valence-electron chi connectivity index (χ0n) is 9.16. The quantitative estimate of drug-likeness (QED) is 0.699. The number of rotatable bonds is 7. The molecule has 0 aliphatic rings. The van der Waals surface area contributed by atoms with E-state index in [1.165, 1.54) is 19.2 Å². The maximum absolute atomic E-state index is 11.3. The highest BCUT2D eigenvalue weighted by Gasteiger charge is 2.02. The van der Waals surface area contributed by atoms with Crippen LogP contribution in [0.1, 0.15) is 38.3 Å². The number of amides is 1. The number of nitrogens with zero attached hydrogens (tertiary/aromatic N) is 1. The molecule has 0 aromatic carbocycles. The Balaban J connectivity index is 2.04. The first-order chi connectivity index (χ1) is 7.33. The average molecular weight is 210 g/mol. The van der Waals surface area contributed by atoms with Gasteiger partial charge in [-0.05, 0) is 6.42 Å². The number of carbonyl (C=O) groups is 1. The summed E-state index contributed by atoms with van der Waals surface area (Å²) in [4.78, 5) is 15.3. The Bertz CT molecular complexity index is 270. The molecule has 0 saturated carbocycles. The third-order valence-electron chi connectivity index (χ3n) is 2.19. The maximum atomic E-state index is 11.3. The molecule has 1 N–H and O–H groups in total. The average Bonchev–Trinajstić information content (AvgIpc) is 2.74. The van der Waals surface area contributed by atoms with E-state index in [1.54, 1.807) is 6.26 Å². The van der Waals surface area contributed by atoms with E-state index in [4.69, 9.17) is 4.42 Å². The molecule has 0 radical (unpaired) electrons. The summed E-state index contributed by atoms with van der Waals surface area (Å²) in [5.74, 6) is 0.0918. The molecule has 0 atom stereocenters. The number of hydrogen-bond acceptors (Lipinski definition) is 3. The second-order valence-corrected chi connectivity index (χ2v) is 3.54. The molecule has 0 aliphatic carbocycles. The van der Waals surface area contributed by atoms with Crippen molar-refractivity contribution in [2.75, 3.05) is 6.54 Å². The predicted molar refractivity (Wildman–Crippen MR) is 57.4 cm³/mol. The van der Waals surface area contributed by atoms with Gasteiger partial charge in [-0.25, -0.2) is 4.98 Å². The zero-order valence-corrected chi connectivity index (χ0v) is 9.16. The first-order valence-corrected chi connectivity index (χ1v) is 5.46. The SMILES string of the molecule is CCCCCNC(=O)CCc1cocn1. The highest BCUT2D eigenvalue weighted by molar-refractivity contribution is 5.75. The van der Waals surface area contributed by atoms with Crippen molar-refractivity contribution in [3.8, 4) is 0 Å². The summed E-state index contributed by atoms with van der Waals surface area (Å²) < 4.78 is 4.82. The van der Waals surface area contributed by atoms with E-state index in [0.29, 0.717) is 12.8 Å². The van der Waals surface area contributed by atoms with Crippen LogP contribution in [-0.2, 0) is 11.2 Å². The highest BCUT2D eigenvalue weighted by Crippen LogP contribution is 1.99. The molecule has 1 heterocycles. The minimum Gasteiger partial charge on any atom is -0.451 e. The van der Waals surface area contributed by atoms with Crippen molar-refractivity contribution in [1.29, 1.82) is 0 Å². The fraction of sp³-hybridized carbons (Fsp3) is 0.636. The molecule has 15 heavy (non-hydrogen) atoms. The molecule has 0 spiro atoms. The number of unbranched alkanes of at least 4 members (excludes halogenated alkanes) is 2. The monoisotopic (exact) mass is 210 g/mol. The van der Waals surface area contributed by atoms with Crippen LogP contribution < -0.4 is 5.32 Å². The van der Waals surface area contributed by atoms with Crippen molar-refractivity contribution >= 4 is 5.91 Å². The van der Waals surface area contributed by atoms with Gasteiger partial charge in [0, 0.05) is 19.4 Å². The van der Waals surface area contributed by atoms with Crippen LogP contribution in [0.15, 0.2) is 17.1 Å². The molecular formula is C11H18N2O2. The molecule has 0 unspecified atom stereocenters. The molecule has 0 fully saturated rings. The molecule has 1 rings (SSSR count). The summed E-state index contributed by atoms with van der Waals surface area (Å²) in [7, 11) is 0. The largest absolute Gasteiger partial charge is 0.451 e. The second-order valence-electron chi connectivity index (χ2n) is 3.54. The Morgan fingerprint density at radius 3 is 3.07 bits per heavy atom. The molecule has 1 amide bonds. The first-order valence-electron chi connectivity index (χ1n) is 5.46. The van der Waals surface area contributed by atoms with Gasteiger partial charge >= 0.3 is 0 Å². The van der Waals surface area contributed by atoms with Crippen LogP contribution in [0.4, 0.5) is 0 Å².